The number of hydrogen-bond donors (Lipinski definition) is 1. The summed E-state index contributed by atoms with van der Waals surface area (Å²) in [6.07, 6.45) is 6.60. The van der Waals surface area contributed by atoms with Crippen molar-refractivity contribution in [2.24, 2.45) is 5.73 Å². The molecule has 0 bridgehead atoms. The van der Waals surface area contributed by atoms with Gasteiger partial charge < -0.3 is 5.73 Å². The summed E-state index contributed by atoms with van der Waals surface area (Å²) in [5.74, 6) is 0. The fourth-order valence-electron chi connectivity index (χ4n) is 0.748. The van der Waals surface area contributed by atoms with Crippen molar-refractivity contribution in [1.82, 2.24) is 0 Å². The van der Waals surface area contributed by atoms with E-state index in [1.165, 1.54) is 32.1 Å². The number of nitrogens with two attached hydrogens (primary N) is 1. The van der Waals surface area contributed by atoms with Gasteiger partial charge in [-0.15, -0.1) is 0 Å². The van der Waals surface area contributed by atoms with Crippen LogP contribution in [0.25, 0.3) is 0 Å². The van der Waals surface area contributed by atoms with Crippen molar-refractivity contribution in [1.29, 1.82) is 0 Å². The van der Waals surface area contributed by atoms with E-state index in [9.17, 15) is 0 Å². The van der Waals surface area contributed by atoms with E-state index in [0.29, 0.717) is 0 Å². The van der Waals surface area contributed by atoms with Crippen LogP contribution in [0.5, 0.6) is 0 Å². The van der Waals surface area contributed by atoms with Crippen LogP contribution in [0.2, 0.25) is 0 Å². The van der Waals surface area contributed by atoms with Crippen molar-refractivity contribution in [3.63, 3.8) is 0 Å². The van der Waals surface area contributed by atoms with E-state index in [0.717, 1.165) is 6.54 Å². The summed E-state index contributed by atoms with van der Waals surface area (Å²) in [5.41, 5.74) is 5.31. The second-order valence-corrected chi connectivity index (χ2v) is 2.20. The Morgan fingerprint density at radius 1 is 1.00 bits per heavy atom. The summed E-state index contributed by atoms with van der Waals surface area (Å²) in [6.45, 7) is 3.09. The van der Waals surface area contributed by atoms with E-state index < -0.39 is 0 Å². The van der Waals surface area contributed by atoms with Gasteiger partial charge in [0.2, 0.25) is 0 Å². The van der Waals surface area contributed by atoms with Gasteiger partial charge in [0.1, 0.15) is 0 Å². The number of unbranched alkanes of at least 4 members (excludes halogenated alkanes) is 4. The van der Waals surface area contributed by atoms with Crippen molar-refractivity contribution < 1.29 is 21.1 Å². The molecule has 1 nitrogen and oxygen atoms in total. The van der Waals surface area contributed by atoms with E-state index >= 15 is 0 Å². The molecule has 0 heterocycles. The van der Waals surface area contributed by atoms with Gasteiger partial charge in [0.25, 0.3) is 0 Å². The zero-order valence-corrected chi connectivity index (χ0v) is 8.24. The predicted molar refractivity (Wildman–Crippen MR) is 37.8 cm³/mol. The molecule has 0 aliphatic heterocycles. The van der Waals surface area contributed by atoms with Crippen molar-refractivity contribution in [2.75, 3.05) is 6.54 Å². The van der Waals surface area contributed by atoms with E-state index in [1.807, 2.05) is 0 Å². The smallest absolute Gasteiger partial charge is 0 e. The standard InChI is InChI=1S/C7H17N.Mo/c1-2-3-4-5-6-7-8;/h2-8H2,1H3;. The Morgan fingerprint density at radius 3 is 2.00 bits per heavy atom. The molecule has 0 unspecified atom stereocenters. The summed E-state index contributed by atoms with van der Waals surface area (Å²) in [4.78, 5) is 0. The molecule has 0 saturated carbocycles. The van der Waals surface area contributed by atoms with Gasteiger partial charge in [0.15, 0.2) is 0 Å². The normalized spacial score (nSPS) is 8.67. The molecule has 0 rings (SSSR count). The maximum absolute atomic E-state index is 5.31. The Kier molecular flexibility index (Phi) is 15.7. The molecule has 0 atom stereocenters. The van der Waals surface area contributed by atoms with Crippen molar-refractivity contribution >= 4 is 0 Å². The predicted octanol–water partition coefficient (Wildman–Crippen LogP) is 1.91. The zero-order chi connectivity index (χ0) is 6.24. The molecule has 0 radical (unpaired) electrons. The second-order valence-electron chi connectivity index (χ2n) is 2.20. The molecular formula is C7H17MoN. The van der Waals surface area contributed by atoms with Crippen LogP contribution in [-0.4, -0.2) is 6.54 Å². The van der Waals surface area contributed by atoms with E-state index in [2.05, 4.69) is 6.92 Å². The molecule has 0 aromatic rings. The molecule has 2 N–H and O–H groups in total. The summed E-state index contributed by atoms with van der Waals surface area (Å²) >= 11 is 0. The maximum atomic E-state index is 5.31. The monoisotopic (exact) mass is 213 g/mol. The third-order valence-corrected chi connectivity index (χ3v) is 1.31. The van der Waals surface area contributed by atoms with E-state index in [1.54, 1.807) is 0 Å². The topological polar surface area (TPSA) is 26.0 Å². The molecule has 0 saturated heterocycles. The van der Waals surface area contributed by atoms with Gasteiger partial charge >= 0.3 is 0 Å². The molecule has 0 aromatic heterocycles. The Balaban J connectivity index is 0. The molecule has 0 spiro atoms. The van der Waals surface area contributed by atoms with Gasteiger partial charge in [0.05, 0.1) is 0 Å². The molecule has 2 heteroatoms. The van der Waals surface area contributed by atoms with Crippen molar-refractivity contribution in [3.8, 4) is 0 Å². The molecule has 56 valence electrons. The molecule has 0 aliphatic rings. The van der Waals surface area contributed by atoms with Crippen LogP contribution in [0.15, 0.2) is 0 Å². The molecule has 0 aromatic carbocycles. The minimum absolute atomic E-state index is 0. The third-order valence-electron chi connectivity index (χ3n) is 1.31. The minimum Gasteiger partial charge on any atom is -0.330 e. The number of hydrogen-bond acceptors (Lipinski definition) is 1. The Labute approximate surface area is 72.7 Å². The second kappa shape index (κ2) is 11.4. The van der Waals surface area contributed by atoms with Crippen molar-refractivity contribution in [2.45, 2.75) is 39.0 Å². The summed E-state index contributed by atoms with van der Waals surface area (Å²) in [6, 6.07) is 0. The van der Waals surface area contributed by atoms with Crippen molar-refractivity contribution in [3.05, 3.63) is 0 Å². The molecular weight excluding hydrogens is 194 g/mol. The minimum atomic E-state index is 0. The van der Waals surface area contributed by atoms with Crippen LogP contribution >= 0.6 is 0 Å². The fourth-order valence-corrected chi connectivity index (χ4v) is 0.748. The first kappa shape index (κ1) is 12.3. The Morgan fingerprint density at radius 2 is 1.56 bits per heavy atom. The van der Waals surface area contributed by atoms with Gasteiger partial charge in [-0.1, -0.05) is 32.6 Å². The van der Waals surface area contributed by atoms with Gasteiger partial charge in [-0.05, 0) is 13.0 Å². The van der Waals surface area contributed by atoms with Gasteiger partial charge in [-0.25, -0.2) is 0 Å². The van der Waals surface area contributed by atoms with Crippen LogP contribution < -0.4 is 5.73 Å². The SMILES string of the molecule is CCCCCCCN.[Mo]. The maximum Gasteiger partial charge on any atom is 0 e. The van der Waals surface area contributed by atoms with Crippen LogP contribution in [0.4, 0.5) is 0 Å². The first-order valence-electron chi connectivity index (χ1n) is 3.62. The fraction of sp³-hybridized carbons (Fsp3) is 1.00. The molecule has 0 aliphatic carbocycles. The average Bonchev–Trinajstić information content (AvgIpc) is 1.81. The summed E-state index contributed by atoms with van der Waals surface area (Å²) < 4.78 is 0. The van der Waals surface area contributed by atoms with Gasteiger partial charge in [0, 0.05) is 21.1 Å². The molecule has 0 fully saturated rings. The first-order valence-corrected chi connectivity index (χ1v) is 3.62. The molecule has 9 heavy (non-hydrogen) atoms. The quantitative estimate of drug-likeness (QED) is 0.545. The molecule has 0 amide bonds. The first-order chi connectivity index (χ1) is 3.91. The van der Waals surface area contributed by atoms with Crippen LogP contribution in [-0.2, 0) is 21.1 Å². The van der Waals surface area contributed by atoms with Gasteiger partial charge in [-0.2, -0.15) is 0 Å². The third kappa shape index (κ3) is 12.0. The number of rotatable bonds is 5. The summed E-state index contributed by atoms with van der Waals surface area (Å²) in [5, 5.41) is 0. The van der Waals surface area contributed by atoms with Crippen LogP contribution in [0, 0.1) is 0 Å². The summed E-state index contributed by atoms with van der Waals surface area (Å²) in [7, 11) is 0. The van der Waals surface area contributed by atoms with E-state index in [-0.39, 0.29) is 21.1 Å². The van der Waals surface area contributed by atoms with Gasteiger partial charge in [-0.3, -0.25) is 0 Å². The van der Waals surface area contributed by atoms with Crippen LogP contribution in [0.1, 0.15) is 39.0 Å². The Bertz CT molecular complexity index is 33.9. The average molecular weight is 211 g/mol. The largest absolute Gasteiger partial charge is 0.330 e. The zero-order valence-electron chi connectivity index (χ0n) is 6.23. The van der Waals surface area contributed by atoms with E-state index in [4.69, 9.17) is 5.73 Å². The van der Waals surface area contributed by atoms with Crippen LogP contribution in [0.3, 0.4) is 0 Å². The Hall–Kier alpha value is 0.648.